The molecule has 0 fully saturated rings. The van der Waals surface area contributed by atoms with Gasteiger partial charge in [-0.3, -0.25) is 0 Å². The molecule has 0 N–H and O–H groups in total. The number of aromatic nitrogens is 2. The van der Waals surface area contributed by atoms with E-state index in [2.05, 4.69) is 25.9 Å². The second kappa shape index (κ2) is 5.00. The van der Waals surface area contributed by atoms with Crippen LogP contribution in [0.25, 0.3) is 21.8 Å². The van der Waals surface area contributed by atoms with Gasteiger partial charge in [0.05, 0.1) is 4.88 Å². The number of thiophene rings is 1. The van der Waals surface area contributed by atoms with Gasteiger partial charge in [-0.1, -0.05) is 30.3 Å². The van der Waals surface area contributed by atoms with E-state index in [0.29, 0.717) is 0 Å². The molecule has 0 bridgehead atoms. The van der Waals surface area contributed by atoms with Crippen LogP contribution in [0.15, 0.2) is 58.6 Å². The fourth-order valence-electron chi connectivity index (χ4n) is 1.68. The highest BCUT2D eigenvalue weighted by atomic mass is 79.9. The number of halogens is 1. The lowest BCUT2D eigenvalue weighted by Gasteiger charge is -2.01. The van der Waals surface area contributed by atoms with Crippen LogP contribution in [0.4, 0.5) is 0 Å². The summed E-state index contributed by atoms with van der Waals surface area (Å²) in [6, 6.07) is 12.0. The summed E-state index contributed by atoms with van der Waals surface area (Å²) in [7, 11) is 0. The van der Waals surface area contributed by atoms with Crippen molar-refractivity contribution in [3.63, 3.8) is 0 Å². The molecule has 0 atom stereocenters. The predicted molar refractivity (Wildman–Crippen MR) is 78.5 cm³/mol. The molecule has 3 rings (SSSR count). The van der Waals surface area contributed by atoms with Crippen molar-refractivity contribution in [1.82, 2.24) is 9.97 Å². The Kier molecular flexibility index (Phi) is 3.21. The minimum absolute atomic E-state index is 0.757. The van der Waals surface area contributed by atoms with E-state index in [0.717, 1.165) is 26.3 Å². The average molecular weight is 317 g/mol. The largest absolute Gasteiger partial charge is 0.236 e. The van der Waals surface area contributed by atoms with Crippen molar-refractivity contribution in [3.05, 3.63) is 58.6 Å². The van der Waals surface area contributed by atoms with Gasteiger partial charge in [-0.15, -0.1) is 11.3 Å². The Balaban J connectivity index is 1.97. The number of rotatable bonds is 2. The van der Waals surface area contributed by atoms with Crippen molar-refractivity contribution in [2.24, 2.45) is 0 Å². The molecule has 0 saturated carbocycles. The molecule has 18 heavy (non-hydrogen) atoms. The van der Waals surface area contributed by atoms with Crippen LogP contribution >= 0.6 is 27.3 Å². The molecule has 0 spiro atoms. The van der Waals surface area contributed by atoms with Gasteiger partial charge in [0, 0.05) is 28.0 Å². The minimum atomic E-state index is 0.757. The standard InChI is InChI=1S/C14H9BrN2S/c15-12-6-7-18-13(12)11-8-16-14(17-9-11)10-4-2-1-3-5-10/h1-9H. The maximum atomic E-state index is 4.42. The molecule has 0 radical (unpaired) electrons. The molecule has 0 aliphatic heterocycles. The van der Waals surface area contributed by atoms with E-state index in [1.165, 1.54) is 0 Å². The molecular weight excluding hydrogens is 308 g/mol. The van der Waals surface area contributed by atoms with Crippen molar-refractivity contribution in [3.8, 4) is 21.8 Å². The maximum Gasteiger partial charge on any atom is 0.159 e. The normalized spacial score (nSPS) is 10.5. The second-order valence-corrected chi connectivity index (χ2v) is 5.53. The quantitative estimate of drug-likeness (QED) is 0.688. The van der Waals surface area contributed by atoms with Gasteiger partial charge < -0.3 is 0 Å². The average Bonchev–Trinajstić information content (AvgIpc) is 2.86. The molecule has 2 heterocycles. The summed E-state index contributed by atoms with van der Waals surface area (Å²) < 4.78 is 1.09. The summed E-state index contributed by atoms with van der Waals surface area (Å²) in [5.74, 6) is 0.757. The van der Waals surface area contributed by atoms with Crippen LogP contribution < -0.4 is 0 Å². The highest BCUT2D eigenvalue weighted by Gasteiger charge is 2.06. The zero-order chi connectivity index (χ0) is 12.4. The Morgan fingerprint density at radius 2 is 1.61 bits per heavy atom. The van der Waals surface area contributed by atoms with E-state index in [4.69, 9.17) is 0 Å². The van der Waals surface area contributed by atoms with Gasteiger partial charge in [-0.2, -0.15) is 0 Å². The molecule has 3 aromatic rings. The zero-order valence-corrected chi connectivity index (χ0v) is 11.8. The number of hydrogen-bond donors (Lipinski definition) is 0. The Morgan fingerprint density at radius 1 is 0.889 bits per heavy atom. The Bertz CT molecular complexity index is 647. The minimum Gasteiger partial charge on any atom is -0.236 e. The van der Waals surface area contributed by atoms with Crippen LogP contribution in [-0.2, 0) is 0 Å². The first kappa shape index (κ1) is 11.6. The Morgan fingerprint density at radius 3 is 2.22 bits per heavy atom. The van der Waals surface area contributed by atoms with Gasteiger partial charge in [0.15, 0.2) is 5.82 Å². The SMILES string of the molecule is Brc1ccsc1-c1cnc(-c2ccccc2)nc1. The van der Waals surface area contributed by atoms with Gasteiger partial charge in [-0.25, -0.2) is 9.97 Å². The van der Waals surface area contributed by atoms with Crippen LogP contribution in [0.3, 0.4) is 0 Å². The summed E-state index contributed by atoms with van der Waals surface area (Å²) in [6.07, 6.45) is 3.73. The fourth-order valence-corrected chi connectivity index (χ4v) is 3.26. The lowest BCUT2D eigenvalue weighted by Crippen LogP contribution is -1.88. The second-order valence-electron chi connectivity index (χ2n) is 3.76. The third kappa shape index (κ3) is 2.21. The van der Waals surface area contributed by atoms with E-state index in [-0.39, 0.29) is 0 Å². The summed E-state index contributed by atoms with van der Waals surface area (Å²) in [5.41, 5.74) is 2.07. The smallest absolute Gasteiger partial charge is 0.159 e. The number of benzene rings is 1. The molecule has 2 aromatic heterocycles. The summed E-state index contributed by atoms with van der Waals surface area (Å²) in [4.78, 5) is 10.0. The molecule has 0 unspecified atom stereocenters. The lowest BCUT2D eigenvalue weighted by molar-refractivity contribution is 1.18. The van der Waals surface area contributed by atoms with Crippen molar-refractivity contribution < 1.29 is 0 Å². The maximum absolute atomic E-state index is 4.42. The van der Waals surface area contributed by atoms with Crippen molar-refractivity contribution in [2.75, 3.05) is 0 Å². The van der Waals surface area contributed by atoms with Gasteiger partial charge >= 0.3 is 0 Å². The van der Waals surface area contributed by atoms with Crippen LogP contribution in [0.2, 0.25) is 0 Å². The van der Waals surface area contributed by atoms with Gasteiger partial charge in [0.2, 0.25) is 0 Å². The van der Waals surface area contributed by atoms with Gasteiger partial charge in [-0.05, 0) is 27.4 Å². The molecular formula is C14H9BrN2S. The molecule has 1 aromatic carbocycles. The van der Waals surface area contributed by atoms with Gasteiger partial charge in [0.25, 0.3) is 0 Å². The zero-order valence-electron chi connectivity index (χ0n) is 9.38. The van der Waals surface area contributed by atoms with Crippen molar-refractivity contribution in [2.45, 2.75) is 0 Å². The monoisotopic (exact) mass is 316 g/mol. The highest BCUT2D eigenvalue weighted by Crippen LogP contribution is 2.32. The third-order valence-corrected chi connectivity index (χ3v) is 4.45. The van der Waals surface area contributed by atoms with Crippen LogP contribution in [-0.4, -0.2) is 9.97 Å². The first-order valence-electron chi connectivity index (χ1n) is 5.45. The van der Waals surface area contributed by atoms with E-state index >= 15 is 0 Å². The topological polar surface area (TPSA) is 25.8 Å². The van der Waals surface area contributed by atoms with E-state index < -0.39 is 0 Å². The third-order valence-electron chi connectivity index (χ3n) is 2.56. The first-order valence-corrected chi connectivity index (χ1v) is 7.13. The molecule has 0 aliphatic rings. The first-order chi connectivity index (χ1) is 8.84. The van der Waals surface area contributed by atoms with Crippen molar-refractivity contribution >= 4 is 27.3 Å². The van der Waals surface area contributed by atoms with E-state index in [9.17, 15) is 0 Å². The Labute approximate surface area is 117 Å². The highest BCUT2D eigenvalue weighted by molar-refractivity contribution is 9.10. The summed E-state index contributed by atoms with van der Waals surface area (Å²) in [5, 5.41) is 2.05. The Hall–Kier alpha value is -1.52. The van der Waals surface area contributed by atoms with E-state index in [1.54, 1.807) is 11.3 Å². The molecule has 0 saturated heterocycles. The lowest BCUT2D eigenvalue weighted by atomic mass is 10.2. The molecule has 4 heteroatoms. The predicted octanol–water partition coefficient (Wildman–Crippen LogP) is 4.63. The van der Waals surface area contributed by atoms with E-state index in [1.807, 2.05) is 54.2 Å². The molecule has 0 amide bonds. The van der Waals surface area contributed by atoms with Crippen molar-refractivity contribution in [1.29, 1.82) is 0 Å². The number of nitrogens with zero attached hydrogens (tertiary/aromatic N) is 2. The molecule has 88 valence electrons. The van der Waals surface area contributed by atoms with Gasteiger partial charge in [0.1, 0.15) is 0 Å². The van der Waals surface area contributed by atoms with Crippen LogP contribution in [0, 0.1) is 0 Å². The summed E-state index contributed by atoms with van der Waals surface area (Å²) in [6.45, 7) is 0. The molecule has 2 nitrogen and oxygen atoms in total. The fraction of sp³-hybridized carbons (Fsp3) is 0. The van der Waals surface area contributed by atoms with Crippen LogP contribution in [0.5, 0.6) is 0 Å². The number of hydrogen-bond acceptors (Lipinski definition) is 3. The molecule has 0 aliphatic carbocycles. The summed E-state index contributed by atoms with van der Waals surface area (Å²) >= 11 is 5.20. The van der Waals surface area contributed by atoms with Crippen LogP contribution in [0.1, 0.15) is 0 Å².